The number of benzene rings is 4. The lowest BCUT2D eigenvalue weighted by Gasteiger charge is -2.47. The second kappa shape index (κ2) is 7.58. The molecule has 2 heterocycles. The Labute approximate surface area is 189 Å². The van der Waals surface area contributed by atoms with Crippen LogP contribution >= 0.6 is 0 Å². The highest BCUT2D eigenvalue weighted by atomic mass is 15.2. The van der Waals surface area contributed by atoms with E-state index in [2.05, 4.69) is 118 Å². The third kappa shape index (κ3) is 2.80. The molecule has 0 aliphatic carbocycles. The van der Waals surface area contributed by atoms with Gasteiger partial charge in [-0.3, -0.25) is 4.99 Å². The molecule has 0 radical (unpaired) electrons. The van der Waals surface area contributed by atoms with E-state index in [1.165, 1.54) is 33.7 Å². The molecule has 2 aliphatic heterocycles. The van der Waals surface area contributed by atoms with Crippen molar-refractivity contribution in [3.8, 4) is 11.1 Å². The van der Waals surface area contributed by atoms with Crippen molar-refractivity contribution in [3.05, 3.63) is 115 Å². The molecular weight excluding hydrogens is 389 g/mol. The maximum Gasteiger partial charge on any atom is 0.314 e. The molecule has 0 atom stereocenters. The number of rotatable bonds is 3. The van der Waals surface area contributed by atoms with E-state index in [1.807, 2.05) is 12.3 Å². The maximum absolute atomic E-state index is 4.18. The summed E-state index contributed by atoms with van der Waals surface area (Å²) in [6.45, 7) is 3.95. The van der Waals surface area contributed by atoms with Gasteiger partial charge in [0.2, 0.25) is 0 Å². The van der Waals surface area contributed by atoms with Crippen LogP contribution in [0.2, 0.25) is 0 Å². The smallest absolute Gasteiger partial charge is 0.314 e. The van der Waals surface area contributed by atoms with Gasteiger partial charge >= 0.3 is 6.85 Å². The number of hydrogen-bond donors (Lipinski definition) is 0. The van der Waals surface area contributed by atoms with Crippen LogP contribution in [0.5, 0.6) is 0 Å². The second-order valence-electron chi connectivity index (χ2n) is 8.15. The Morgan fingerprint density at radius 1 is 0.719 bits per heavy atom. The molecule has 32 heavy (non-hydrogen) atoms. The molecule has 3 nitrogen and oxygen atoms in total. The zero-order valence-electron chi connectivity index (χ0n) is 17.7. The zero-order valence-corrected chi connectivity index (χ0v) is 17.7. The van der Waals surface area contributed by atoms with Gasteiger partial charge in [-0.05, 0) is 41.5 Å². The summed E-state index contributed by atoms with van der Waals surface area (Å²) >= 11 is 0. The molecular formula is C28H22BN3. The molecule has 0 spiro atoms. The summed E-state index contributed by atoms with van der Waals surface area (Å²) in [4.78, 5) is 9.08. The van der Waals surface area contributed by atoms with E-state index in [-0.39, 0.29) is 6.85 Å². The molecule has 4 aromatic rings. The zero-order chi connectivity index (χ0) is 21.5. The third-order valence-corrected chi connectivity index (χ3v) is 6.45. The van der Waals surface area contributed by atoms with Gasteiger partial charge < -0.3 is 9.71 Å². The van der Waals surface area contributed by atoms with Crippen LogP contribution in [0.1, 0.15) is 5.56 Å². The van der Waals surface area contributed by atoms with Crippen LogP contribution in [0.4, 0.5) is 17.1 Å². The molecule has 0 unspecified atom stereocenters. The van der Waals surface area contributed by atoms with Crippen molar-refractivity contribution in [3.63, 3.8) is 0 Å². The van der Waals surface area contributed by atoms with E-state index < -0.39 is 0 Å². The first kappa shape index (κ1) is 18.7. The minimum absolute atomic E-state index is 0.188. The Kier molecular flexibility index (Phi) is 4.43. The van der Waals surface area contributed by atoms with E-state index in [1.54, 1.807) is 0 Å². The number of para-hydroxylation sites is 3. The Hall–Kier alpha value is -4.05. The van der Waals surface area contributed by atoms with Gasteiger partial charge in [-0.25, -0.2) is 0 Å². The number of nitrogens with zero attached hydrogens (tertiary/aromatic N) is 3. The van der Waals surface area contributed by atoms with Crippen LogP contribution < -0.4 is 15.2 Å². The van der Waals surface area contributed by atoms with Crippen molar-refractivity contribution in [2.75, 3.05) is 16.2 Å². The highest BCUT2D eigenvalue weighted by molar-refractivity contribution is 6.81. The summed E-state index contributed by atoms with van der Waals surface area (Å²) in [6.07, 6.45) is 2.70. The summed E-state index contributed by atoms with van der Waals surface area (Å²) < 4.78 is 0. The first-order valence-corrected chi connectivity index (χ1v) is 10.9. The molecule has 0 bridgehead atoms. The maximum atomic E-state index is 4.18. The van der Waals surface area contributed by atoms with Gasteiger partial charge in [-0.2, -0.15) is 0 Å². The highest BCUT2D eigenvalue weighted by Gasteiger charge is 2.42. The topological polar surface area (TPSA) is 18.8 Å². The molecule has 2 aliphatic rings. The molecule has 0 saturated heterocycles. The Balaban J connectivity index is 1.60. The fourth-order valence-corrected chi connectivity index (χ4v) is 5.12. The van der Waals surface area contributed by atoms with E-state index in [0.29, 0.717) is 0 Å². The number of aliphatic imine (C=N–C) groups is 1. The highest BCUT2D eigenvalue weighted by Crippen LogP contribution is 2.47. The summed E-state index contributed by atoms with van der Waals surface area (Å²) in [5.41, 5.74) is 9.79. The van der Waals surface area contributed by atoms with Crippen molar-refractivity contribution >= 4 is 41.8 Å². The minimum Gasteiger partial charge on any atom is -0.378 e. The molecule has 0 saturated carbocycles. The predicted molar refractivity (Wildman–Crippen MR) is 137 cm³/mol. The lowest BCUT2D eigenvalue weighted by atomic mass is 9.48. The quantitative estimate of drug-likeness (QED) is 0.315. The number of anilines is 3. The lowest BCUT2D eigenvalue weighted by molar-refractivity contribution is 1.09. The molecule has 0 amide bonds. The Morgan fingerprint density at radius 3 is 2.12 bits per heavy atom. The average molecular weight is 411 g/mol. The lowest BCUT2D eigenvalue weighted by Crippen LogP contribution is -2.59. The van der Waals surface area contributed by atoms with Gasteiger partial charge in [0.05, 0.1) is 23.3 Å². The second-order valence-corrected chi connectivity index (χ2v) is 8.15. The summed E-state index contributed by atoms with van der Waals surface area (Å²) in [6, 6.07) is 36.7. The van der Waals surface area contributed by atoms with Crippen molar-refractivity contribution in [1.82, 2.24) is 0 Å². The van der Waals surface area contributed by atoms with Crippen LogP contribution in [0.15, 0.2) is 114 Å². The first-order valence-electron chi connectivity index (χ1n) is 10.9. The SMILES string of the molecule is C=N/C=C(/c1ccccc1)N1CB2c3ccccc3-c3ccccc3N2c2ccccc21. The third-order valence-electron chi connectivity index (χ3n) is 6.45. The van der Waals surface area contributed by atoms with Gasteiger partial charge in [0, 0.05) is 17.7 Å². The first-order chi connectivity index (χ1) is 15.9. The van der Waals surface area contributed by atoms with Gasteiger partial charge in [-0.15, -0.1) is 0 Å². The summed E-state index contributed by atoms with van der Waals surface area (Å²) in [5.74, 6) is 0. The van der Waals surface area contributed by atoms with Crippen LogP contribution in [0.3, 0.4) is 0 Å². The average Bonchev–Trinajstić information content (AvgIpc) is 2.87. The fourth-order valence-electron chi connectivity index (χ4n) is 5.12. The van der Waals surface area contributed by atoms with Gasteiger partial charge in [0.15, 0.2) is 0 Å². The summed E-state index contributed by atoms with van der Waals surface area (Å²) in [5, 5.41) is 0. The van der Waals surface area contributed by atoms with E-state index >= 15 is 0 Å². The molecule has 0 fully saturated rings. The molecule has 4 aromatic carbocycles. The van der Waals surface area contributed by atoms with Crippen molar-refractivity contribution in [2.45, 2.75) is 0 Å². The van der Waals surface area contributed by atoms with E-state index in [4.69, 9.17) is 0 Å². The number of fused-ring (bicyclic) bond motifs is 8. The van der Waals surface area contributed by atoms with Crippen molar-refractivity contribution in [2.24, 2.45) is 4.99 Å². The van der Waals surface area contributed by atoms with Crippen LogP contribution in [0.25, 0.3) is 16.8 Å². The molecule has 152 valence electrons. The normalized spacial score (nSPS) is 14.2. The Bertz CT molecular complexity index is 1350. The van der Waals surface area contributed by atoms with Crippen LogP contribution in [-0.4, -0.2) is 20.0 Å². The standard InChI is InChI=1S/C28H22BN3/c1-30-19-28(21-11-3-2-4-12-21)31-20-29-24-15-7-5-13-22(24)23-14-6-8-16-25(23)32(29)27-18-10-9-17-26(27)31/h2-19H,1,20H2/b28-19-. The molecule has 4 heteroatoms. The van der Waals surface area contributed by atoms with Crippen LogP contribution in [-0.2, 0) is 0 Å². The summed E-state index contributed by atoms with van der Waals surface area (Å²) in [7, 11) is 0. The van der Waals surface area contributed by atoms with E-state index in [9.17, 15) is 0 Å². The molecule has 0 aromatic heterocycles. The van der Waals surface area contributed by atoms with Gasteiger partial charge in [0.25, 0.3) is 0 Å². The van der Waals surface area contributed by atoms with E-state index in [0.717, 1.165) is 17.7 Å². The largest absolute Gasteiger partial charge is 0.378 e. The van der Waals surface area contributed by atoms with Gasteiger partial charge in [0.1, 0.15) is 0 Å². The van der Waals surface area contributed by atoms with Crippen molar-refractivity contribution < 1.29 is 0 Å². The monoisotopic (exact) mass is 411 g/mol. The van der Waals surface area contributed by atoms with Crippen LogP contribution in [0, 0.1) is 0 Å². The fraction of sp³-hybridized carbons (Fsp3) is 0.0357. The van der Waals surface area contributed by atoms with Gasteiger partial charge in [-0.1, -0.05) is 84.9 Å². The molecule has 0 N–H and O–H groups in total. The predicted octanol–water partition coefficient (Wildman–Crippen LogP) is 5.76. The van der Waals surface area contributed by atoms with Crippen molar-refractivity contribution in [1.29, 1.82) is 0 Å². The number of hydrogen-bond acceptors (Lipinski definition) is 3. The minimum atomic E-state index is 0.188. The Morgan fingerprint density at radius 2 is 1.34 bits per heavy atom. The molecule has 6 rings (SSSR count).